The molecule has 1 N–H and O–H groups in total. The Labute approximate surface area is 81.8 Å². The molecule has 1 aliphatic rings. The zero-order valence-electron chi connectivity index (χ0n) is 7.02. The van der Waals surface area contributed by atoms with E-state index in [-0.39, 0.29) is 5.92 Å². The molecule has 0 aliphatic heterocycles. The summed E-state index contributed by atoms with van der Waals surface area (Å²) >= 11 is 3.28. The van der Waals surface area contributed by atoms with Gasteiger partial charge in [0.05, 0.1) is 12.0 Å². The minimum Gasteiger partial charge on any atom is -0.308 e. The lowest BCUT2D eigenvalue weighted by atomic mass is 10.1. The van der Waals surface area contributed by atoms with E-state index in [1.54, 1.807) is 0 Å². The molecule has 2 atom stereocenters. The average Bonchev–Trinajstić information content (AvgIpc) is 2.47. The van der Waals surface area contributed by atoms with Crippen molar-refractivity contribution in [3.05, 3.63) is 11.1 Å². The first-order chi connectivity index (χ1) is 5.74. The van der Waals surface area contributed by atoms with Crippen molar-refractivity contribution in [3.8, 4) is 6.07 Å². The number of nitrogens with zero attached hydrogens (tertiary/aromatic N) is 1. The lowest BCUT2D eigenvalue weighted by Gasteiger charge is -2.14. The van der Waals surface area contributed by atoms with Gasteiger partial charge in [-0.1, -0.05) is 28.9 Å². The van der Waals surface area contributed by atoms with E-state index in [2.05, 4.69) is 33.9 Å². The number of rotatable bonds is 3. The predicted molar refractivity (Wildman–Crippen MR) is 52.8 cm³/mol. The fraction of sp³-hybridized carbons (Fsp3) is 0.667. The van der Waals surface area contributed by atoms with Gasteiger partial charge in [-0.2, -0.15) is 5.26 Å². The summed E-state index contributed by atoms with van der Waals surface area (Å²) in [7, 11) is 0. The highest BCUT2D eigenvalue weighted by molar-refractivity contribution is 9.11. The van der Waals surface area contributed by atoms with Gasteiger partial charge in [-0.3, -0.25) is 0 Å². The molecule has 0 heterocycles. The van der Waals surface area contributed by atoms with Crippen molar-refractivity contribution in [2.45, 2.75) is 25.3 Å². The van der Waals surface area contributed by atoms with Crippen LogP contribution in [0.3, 0.4) is 0 Å². The van der Waals surface area contributed by atoms with E-state index in [4.69, 9.17) is 5.26 Å². The maximum atomic E-state index is 8.78. The van der Waals surface area contributed by atoms with Crippen molar-refractivity contribution in [1.29, 1.82) is 5.26 Å². The van der Waals surface area contributed by atoms with Gasteiger partial charge < -0.3 is 5.32 Å². The van der Waals surface area contributed by atoms with Crippen LogP contribution >= 0.6 is 15.9 Å². The van der Waals surface area contributed by atoms with E-state index in [9.17, 15) is 0 Å². The molecule has 1 aliphatic carbocycles. The number of halogens is 1. The molecule has 12 heavy (non-hydrogen) atoms. The zero-order valence-corrected chi connectivity index (χ0v) is 8.60. The SMILES string of the molecule is C=C(Br)CNC1CCCC1C#N. The first kappa shape index (κ1) is 9.76. The highest BCUT2D eigenvalue weighted by atomic mass is 79.9. The maximum absolute atomic E-state index is 8.78. The maximum Gasteiger partial charge on any atom is 0.0672 e. The number of hydrogen-bond donors (Lipinski definition) is 1. The number of nitriles is 1. The zero-order chi connectivity index (χ0) is 8.97. The molecule has 1 rings (SSSR count). The number of nitrogens with one attached hydrogen (secondary N) is 1. The van der Waals surface area contributed by atoms with Crippen LogP contribution in [0.25, 0.3) is 0 Å². The highest BCUT2D eigenvalue weighted by Crippen LogP contribution is 2.24. The van der Waals surface area contributed by atoms with Crippen LogP contribution in [0, 0.1) is 17.2 Å². The summed E-state index contributed by atoms with van der Waals surface area (Å²) in [5, 5.41) is 12.1. The Morgan fingerprint density at radius 3 is 3.00 bits per heavy atom. The minimum atomic E-state index is 0.205. The Balaban J connectivity index is 2.32. The molecule has 0 amide bonds. The van der Waals surface area contributed by atoms with Gasteiger partial charge in [-0.05, 0) is 12.8 Å². The van der Waals surface area contributed by atoms with Gasteiger partial charge in [-0.25, -0.2) is 0 Å². The van der Waals surface area contributed by atoms with E-state index in [0.29, 0.717) is 6.04 Å². The molecule has 0 aromatic carbocycles. The molecule has 0 spiro atoms. The first-order valence-electron chi connectivity index (χ1n) is 4.20. The standard InChI is InChI=1S/C9H13BrN2/c1-7(10)6-12-9-4-2-3-8(9)5-11/h8-9,12H,1-4,6H2. The van der Waals surface area contributed by atoms with Crippen molar-refractivity contribution in [1.82, 2.24) is 5.32 Å². The van der Waals surface area contributed by atoms with Gasteiger partial charge in [-0.15, -0.1) is 0 Å². The van der Waals surface area contributed by atoms with Crippen molar-refractivity contribution in [2.75, 3.05) is 6.54 Å². The molecule has 0 aromatic rings. The smallest absolute Gasteiger partial charge is 0.0672 e. The molecule has 66 valence electrons. The minimum absolute atomic E-state index is 0.205. The summed E-state index contributed by atoms with van der Waals surface area (Å²) in [6.45, 7) is 4.50. The van der Waals surface area contributed by atoms with Gasteiger partial charge in [0.25, 0.3) is 0 Å². The molecule has 0 aromatic heterocycles. The summed E-state index contributed by atoms with van der Waals surface area (Å²) in [6, 6.07) is 2.71. The summed E-state index contributed by atoms with van der Waals surface area (Å²) in [5.41, 5.74) is 0. The van der Waals surface area contributed by atoms with Crippen LogP contribution in [-0.2, 0) is 0 Å². The predicted octanol–water partition coefficient (Wildman–Crippen LogP) is 2.18. The van der Waals surface area contributed by atoms with Crippen LogP contribution < -0.4 is 5.32 Å². The molecule has 0 bridgehead atoms. The second kappa shape index (κ2) is 4.64. The van der Waals surface area contributed by atoms with Crippen molar-refractivity contribution >= 4 is 15.9 Å². The molecule has 0 radical (unpaired) electrons. The Morgan fingerprint density at radius 1 is 1.67 bits per heavy atom. The van der Waals surface area contributed by atoms with E-state index < -0.39 is 0 Å². The van der Waals surface area contributed by atoms with Crippen LogP contribution in [0.4, 0.5) is 0 Å². The average molecular weight is 229 g/mol. The van der Waals surface area contributed by atoms with E-state index in [0.717, 1.165) is 23.9 Å². The summed E-state index contributed by atoms with van der Waals surface area (Å²) < 4.78 is 0.950. The van der Waals surface area contributed by atoms with Crippen LogP contribution in [0.15, 0.2) is 11.1 Å². The fourth-order valence-electron chi connectivity index (χ4n) is 1.60. The Morgan fingerprint density at radius 2 is 2.42 bits per heavy atom. The van der Waals surface area contributed by atoms with E-state index in [1.165, 1.54) is 6.42 Å². The molecule has 1 saturated carbocycles. The second-order valence-electron chi connectivity index (χ2n) is 3.17. The third-order valence-electron chi connectivity index (χ3n) is 2.24. The summed E-state index contributed by atoms with van der Waals surface area (Å²) in [5.74, 6) is 0.205. The van der Waals surface area contributed by atoms with Gasteiger partial charge in [0.15, 0.2) is 0 Å². The largest absolute Gasteiger partial charge is 0.308 e. The molecular weight excluding hydrogens is 216 g/mol. The van der Waals surface area contributed by atoms with Crippen LogP contribution in [0.5, 0.6) is 0 Å². The van der Waals surface area contributed by atoms with Crippen LogP contribution in [0.1, 0.15) is 19.3 Å². The first-order valence-corrected chi connectivity index (χ1v) is 4.99. The third kappa shape index (κ3) is 2.62. The molecule has 0 saturated heterocycles. The van der Waals surface area contributed by atoms with Crippen LogP contribution in [0.2, 0.25) is 0 Å². The Kier molecular flexibility index (Phi) is 3.77. The third-order valence-corrected chi connectivity index (χ3v) is 2.52. The Bertz CT molecular complexity index is 207. The number of hydrogen-bond acceptors (Lipinski definition) is 2. The molecule has 2 nitrogen and oxygen atoms in total. The summed E-state index contributed by atoms with van der Waals surface area (Å²) in [6.07, 6.45) is 3.34. The molecular formula is C9H13BrN2. The molecule has 1 fully saturated rings. The topological polar surface area (TPSA) is 35.8 Å². The second-order valence-corrected chi connectivity index (χ2v) is 4.29. The van der Waals surface area contributed by atoms with Gasteiger partial charge in [0.2, 0.25) is 0 Å². The summed E-state index contributed by atoms with van der Waals surface area (Å²) in [4.78, 5) is 0. The van der Waals surface area contributed by atoms with Crippen molar-refractivity contribution in [2.24, 2.45) is 5.92 Å². The lowest BCUT2D eigenvalue weighted by Crippen LogP contribution is -2.32. The van der Waals surface area contributed by atoms with Gasteiger partial charge >= 0.3 is 0 Å². The molecule has 2 unspecified atom stereocenters. The monoisotopic (exact) mass is 228 g/mol. The normalized spacial score (nSPS) is 28.3. The van der Waals surface area contributed by atoms with E-state index in [1.807, 2.05) is 0 Å². The van der Waals surface area contributed by atoms with Gasteiger partial charge in [0, 0.05) is 17.1 Å². The van der Waals surface area contributed by atoms with Crippen LogP contribution in [-0.4, -0.2) is 12.6 Å². The van der Waals surface area contributed by atoms with Crippen molar-refractivity contribution < 1.29 is 0 Å². The fourth-order valence-corrected chi connectivity index (χ4v) is 1.76. The lowest BCUT2D eigenvalue weighted by molar-refractivity contribution is 0.487. The van der Waals surface area contributed by atoms with E-state index >= 15 is 0 Å². The quantitative estimate of drug-likeness (QED) is 0.805. The Hall–Kier alpha value is -0.330. The molecule has 3 heteroatoms. The van der Waals surface area contributed by atoms with Crippen molar-refractivity contribution in [3.63, 3.8) is 0 Å². The van der Waals surface area contributed by atoms with Gasteiger partial charge in [0.1, 0.15) is 0 Å². The highest BCUT2D eigenvalue weighted by Gasteiger charge is 2.26.